The first-order chi connectivity index (χ1) is 12.1. The van der Waals surface area contributed by atoms with Crippen LogP contribution in [0.1, 0.15) is 51.9 Å². The number of likely N-dealkylation sites (tertiary alicyclic amines) is 1. The van der Waals surface area contributed by atoms with Crippen LogP contribution in [0.15, 0.2) is 0 Å². The van der Waals surface area contributed by atoms with Crippen LogP contribution in [-0.2, 0) is 9.59 Å². The molecule has 0 radical (unpaired) electrons. The number of rotatable bonds is 5. The van der Waals surface area contributed by atoms with Crippen molar-refractivity contribution in [1.82, 2.24) is 15.1 Å². The number of piperazine rings is 1. The van der Waals surface area contributed by atoms with Crippen LogP contribution in [-0.4, -0.2) is 67.3 Å². The number of amides is 1. The molecule has 142 valence electrons. The Bertz CT molecular complexity index is 454. The highest BCUT2D eigenvalue weighted by molar-refractivity contribution is 5.82. The van der Waals surface area contributed by atoms with E-state index >= 15 is 0 Å². The van der Waals surface area contributed by atoms with Crippen LogP contribution < -0.4 is 5.32 Å². The van der Waals surface area contributed by atoms with Gasteiger partial charge in [0.2, 0.25) is 5.91 Å². The second-order valence-corrected chi connectivity index (χ2v) is 8.32. The molecule has 2 unspecified atom stereocenters. The largest absolute Gasteiger partial charge is 0.342 e. The van der Waals surface area contributed by atoms with Gasteiger partial charge in [-0.15, -0.1) is 0 Å². The van der Waals surface area contributed by atoms with Gasteiger partial charge in [0, 0.05) is 51.1 Å². The van der Waals surface area contributed by atoms with Gasteiger partial charge in [-0.2, -0.15) is 0 Å². The summed E-state index contributed by atoms with van der Waals surface area (Å²) in [5, 5.41) is 3.41. The predicted molar refractivity (Wildman–Crippen MR) is 99.4 cm³/mol. The number of carbonyl (C=O) groups is 2. The van der Waals surface area contributed by atoms with Crippen LogP contribution in [0.5, 0.6) is 0 Å². The van der Waals surface area contributed by atoms with Crippen molar-refractivity contribution in [3.8, 4) is 0 Å². The number of carbonyl (C=O) groups excluding carboxylic acids is 2. The third-order valence-corrected chi connectivity index (χ3v) is 6.59. The molecular weight excluding hydrogens is 314 g/mol. The van der Waals surface area contributed by atoms with E-state index in [0.717, 1.165) is 70.6 Å². The van der Waals surface area contributed by atoms with E-state index in [1.807, 2.05) is 0 Å². The number of hydrogen-bond acceptors (Lipinski definition) is 4. The Morgan fingerprint density at radius 3 is 2.32 bits per heavy atom. The van der Waals surface area contributed by atoms with Gasteiger partial charge in [0.1, 0.15) is 5.78 Å². The van der Waals surface area contributed by atoms with Crippen LogP contribution in [0, 0.1) is 17.8 Å². The Kier molecular flexibility index (Phi) is 6.88. The van der Waals surface area contributed by atoms with Crippen molar-refractivity contribution in [2.45, 2.75) is 51.9 Å². The van der Waals surface area contributed by atoms with Crippen molar-refractivity contribution in [1.29, 1.82) is 0 Å². The molecule has 0 spiro atoms. The lowest BCUT2D eigenvalue weighted by Crippen LogP contribution is -2.45. The monoisotopic (exact) mass is 349 g/mol. The van der Waals surface area contributed by atoms with E-state index in [4.69, 9.17) is 0 Å². The summed E-state index contributed by atoms with van der Waals surface area (Å²) in [5.41, 5.74) is 0. The Labute approximate surface area is 152 Å². The quantitative estimate of drug-likeness (QED) is 0.824. The van der Waals surface area contributed by atoms with Crippen molar-refractivity contribution in [2.24, 2.45) is 17.8 Å². The molecule has 5 nitrogen and oxygen atoms in total. The molecule has 1 N–H and O–H groups in total. The normalized spacial score (nSPS) is 29.6. The van der Waals surface area contributed by atoms with E-state index < -0.39 is 0 Å². The lowest BCUT2D eigenvalue weighted by Gasteiger charge is -2.37. The standard InChI is InChI=1S/C20H35N3O2/c1-16(24)18-3-2-4-19(15-18)20(25)23-11-6-17(7-12-23)5-10-22-13-8-21-9-14-22/h17-19,21H,2-15H2,1H3. The van der Waals surface area contributed by atoms with Crippen LogP contribution in [0.3, 0.4) is 0 Å². The number of piperidine rings is 1. The summed E-state index contributed by atoms with van der Waals surface area (Å²) in [7, 11) is 0. The topological polar surface area (TPSA) is 52.7 Å². The average Bonchev–Trinajstić information content (AvgIpc) is 2.67. The molecule has 25 heavy (non-hydrogen) atoms. The molecule has 1 saturated carbocycles. The second-order valence-electron chi connectivity index (χ2n) is 8.32. The molecule has 1 aliphatic carbocycles. The number of nitrogens with zero attached hydrogens (tertiary/aromatic N) is 2. The SMILES string of the molecule is CC(=O)C1CCCC(C(=O)N2CCC(CCN3CCNCC3)CC2)C1. The Hall–Kier alpha value is -0.940. The molecule has 2 heterocycles. The maximum Gasteiger partial charge on any atom is 0.225 e. The summed E-state index contributed by atoms with van der Waals surface area (Å²) < 4.78 is 0. The minimum absolute atomic E-state index is 0.0973. The van der Waals surface area contributed by atoms with Gasteiger partial charge in [0.05, 0.1) is 0 Å². The van der Waals surface area contributed by atoms with Crippen molar-refractivity contribution < 1.29 is 9.59 Å². The molecule has 3 rings (SSSR count). The zero-order valence-electron chi connectivity index (χ0n) is 15.8. The van der Waals surface area contributed by atoms with Crippen molar-refractivity contribution in [3.63, 3.8) is 0 Å². The van der Waals surface area contributed by atoms with Gasteiger partial charge in [-0.25, -0.2) is 0 Å². The van der Waals surface area contributed by atoms with E-state index in [1.54, 1.807) is 6.92 Å². The third-order valence-electron chi connectivity index (χ3n) is 6.59. The van der Waals surface area contributed by atoms with E-state index in [2.05, 4.69) is 15.1 Å². The van der Waals surface area contributed by atoms with E-state index in [1.165, 1.54) is 26.1 Å². The van der Waals surface area contributed by atoms with Gasteiger partial charge >= 0.3 is 0 Å². The maximum atomic E-state index is 12.8. The van der Waals surface area contributed by atoms with Gasteiger partial charge in [0.25, 0.3) is 0 Å². The lowest BCUT2D eigenvalue weighted by atomic mass is 9.78. The fraction of sp³-hybridized carbons (Fsp3) is 0.900. The first-order valence-corrected chi connectivity index (χ1v) is 10.4. The minimum atomic E-state index is 0.0973. The fourth-order valence-electron chi connectivity index (χ4n) is 4.78. The first-order valence-electron chi connectivity index (χ1n) is 10.4. The van der Waals surface area contributed by atoms with Crippen molar-refractivity contribution in [3.05, 3.63) is 0 Å². The van der Waals surface area contributed by atoms with Crippen molar-refractivity contribution in [2.75, 3.05) is 45.8 Å². The predicted octanol–water partition coefficient (Wildman–Crippen LogP) is 1.92. The number of nitrogens with one attached hydrogen (secondary N) is 1. The second kappa shape index (κ2) is 9.13. The summed E-state index contributed by atoms with van der Waals surface area (Å²) in [6.07, 6.45) is 7.36. The Balaban J connectivity index is 1.39. The average molecular weight is 350 g/mol. The molecule has 3 aliphatic rings. The van der Waals surface area contributed by atoms with Crippen LogP contribution in [0.2, 0.25) is 0 Å². The molecule has 2 atom stereocenters. The van der Waals surface area contributed by atoms with E-state index in [0.29, 0.717) is 5.91 Å². The van der Waals surface area contributed by atoms with Crippen LogP contribution in [0.4, 0.5) is 0 Å². The number of ketones is 1. The summed E-state index contributed by atoms with van der Waals surface area (Å²) in [6.45, 7) is 9.33. The van der Waals surface area contributed by atoms with E-state index in [9.17, 15) is 9.59 Å². The Morgan fingerprint density at radius 2 is 1.64 bits per heavy atom. The zero-order chi connectivity index (χ0) is 17.6. The maximum absolute atomic E-state index is 12.8. The fourth-order valence-corrected chi connectivity index (χ4v) is 4.78. The minimum Gasteiger partial charge on any atom is -0.342 e. The lowest BCUT2D eigenvalue weighted by molar-refractivity contribution is -0.139. The highest BCUT2D eigenvalue weighted by Gasteiger charge is 2.33. The first kappa shape index (κ1) is 18.8. The molecule has 2 saturated heterocycles. The number of hydrogen-bond donors (Lipinski definition) is 1. The van der Waals surface area contributed by atoms with Gasteiger partial charge in [0.15, 0.2) is 0 Å². The summed E-state index contributed by atoms with van der Waals surface area (Å²) in [4.78, 5) is 29.1. The van der Waals surface area contributed by atoms with E-state index in [-0.39, 0.29) is 17.6 Å². The summed E-state index contributed by atoms with van der Waals surface area (Å²) in [5.74, 6) is 1.59. The van der Waals surface area contributed by atoms with Gasteiger partial charge < -0.3 is 15.1 Å². The molecule has 0 aromatic rings. The molecule has 2 aliphatic heterocycles. The highest BCUT2D eigenvalue weighted by atomic mass is 16.2. The van der Waals surface area contributed by atoms with Gasteiger partial charge in [-0.3, -0.25) is 9.59 Å². The molecule has 1 amide bonds. The molecular formula is C20H35N3O2. The molecule has 0 aromatic heterocycles. The molecule has 0 bridgehead atoms. The molecule has 0 aromatic carbocycles. The van der Waals surface area contributed by atoms with Gasteiger partial charge in [-0.05, 0) is 57.9 Å². The smallest absolute Gasteiger partial charge is 0.225 e. The van der Waals surface area contributed by atoms with Crippen molar-refractivity contribution >= 4 is 11.7 Å². The number of Topliss-reactive ketones (excluding diaryl/α,β-unsaturated/α-hetero) is 1. The van der Waals surface area contributed by atoms with Gasteiger partial charge in [-0.1, -0.05) is 6.42 Å². The molecule has 5 heteroatoms. The molecule has 3 fully saturated rings. The highest BCUT2D eigenvalue weighted by Crippen LogP contribution is 2.32. The van der Waals surface area contributed by atoms with Crippen LogP contribution >= 0.6 is 0 Å². The Morgan fingerprint density at radius 1 is 0.960 bits per heavy atom. The van der Waals surface area contributed by atoms with Crippen LogP contribution in [0.25, 0.3) is 0 Å². The third kappa shape index (κ3) is 5.27. The zero-order valence-corrected chi connectivity index (χ0v) is 15.8. The summed E-state index contributed by atoms with van der Waals surface area (Å²) in [6, 6.07) is 0. The summed E-state index contributed by atoms with van der Waals surface area (Å²) >= 11 is 0.